The summed E-state index contributed by atoms with van der Waals surface area (Å²) in [4.78, 5) is 6.40. The van der Waals surface area contributed by atoms with Crippen LogP contribution in [0.1, 0.15) is 24.1 Å². The van der Waals surface area contributed by atoms with Gasteiger partial charge in [-0.25, -0.2) is 0 Å². The predicted octanol–water partition coefficient (Wildman–Crippen LogP) is 0.208. The van der Waals surface area contributed by atoms with Crippen molar-refractivity contribution in [1.82, 2.24) is 20.4 Å². The first kappa shape index (κ1) is 9.61. The predicted molar refractivity (Wildman–Crippen MR) is 51.9 cm³/mol. The molecular formula is C9H16N4O. The fourth-order valence-electron chi connectivity index (χ4n) is 1.65. The van der Waals surface area contributed by atoms with Gasteiger partial charge in [-0.15, -0.1) is 0 Å². The van der Waals surface area contributed by atoms with Crippen LogP contribution < -0.4 is 5.32 Å². The lowest BCUT2D eigenvalue weighted by Gasteiger charge is -2.03. The SMILES string of the molecule is CN(C)Cc1noc(C2CCNC2)n1. The molecule has 0 amide bonds. The second-order valence-corrected chi connectivity index (χ2v) is 3.98. The Morgan fingerprint density at radius 3 is 3.07 bits per heavy atom. The van der Waals surface area contributed by atoms with E-state index in [4.69, 9.17) is 4.52 Å². The molecule has 2 rings (SSSR count). The summed E-state index contributed by atoms with van der Waals surface area (Å²) in [5, 5.41) is 7.23. The van der Waals surface area contributed by atoms with Crippen LogP contribution in [0.2, 0.25) is 0 Å². The van der Waals surface area contributed by atoms with Gasteiger partial charge in [-0.3, -0.25) is 0 Å². The molecule has 1 N–H and O–H groups in total. The fourth-order valence-corrected chi connectivity index (χ4v) is 1.65. The lowest BCUT2D eigenvalue weighted by atomic mass is 10.1. The molecule has 1 unspecified atom stereocenters. The van der Waals surface area contributed by atoms with E-state index in [0.29, 0.717) is 5.92 Å². The van der Waals surface area contributed by atoms with E-state index >= 15 is 0 Å². The van der Waals surface area contributed by atoms with Crippen LogP contribution >= 0.6 is 0 Å². The van der Waals surface area contributed by atoms with Gasteiger partial charge < -0.3 is 14.7 Å². The standard InChI is InChI=1S/C9H16N4O/c1-13(2)6-8-11-9(14-12-8)7-3-4-10-5-7/h7,10H,3-6H2,1-2H3. The highest BCUT2D eigenvalue weighted by Crippen LogP contribution is 2.20. The van der Waals surface area contributed by atoms with Crippen molar-refractivity contribution < 1.29 is 4.52 Å². The minimum Gasteiger partial charge on any atom is -0.339 e. The second-order valence-electron chi connectivity index (χ2n) is 3.98. The summed E-state index contributed by atoms with van der Waals surface area (Å²) in [7, 11) is 3.99. The second kappa shape index (κ2) is 4.06. The molecule has 1 saturated heterocycles. The molecule has 14 heavy (non-hydrogen) atoms. The number of rotatable bonds is 3. The summed E-state index contributed by atoms with van der Waals surface area (Å²) in [6.45, 7) is 2.75. The molecule has 78 valence electrons. The smallest absolute Gasteiger partial charge is 0.231 e. The van der Waals surface area contributed by atoms with Gasteiger partial charge in [0.25, 0.3) is 0 Å². The van der Waals surface area contributed by atoms with Gasteiger partial charge in [-0.05, 0) is 27.1 Å². The minimum absolute atomic E-state index is 0.415. The fraction of sp³-hybridized carbons (Fsp3) is 0.778. The summed E-state index contributed by atoms with van der Waals surface area (Å²) < 4.78 is 5.22. The van der Waals surface area contributed by atoms with Crippen molar-refractivity contribution in [3.8, 4) is 0 Å². The Bertz CT molecular complexity index is 291. The van der Waals surface area contributed by atoms with Crippen LogP contribution in [0.4, 0.5) is 0 Å². The maximum absolute atomic E-state index is 5.22. The first-order valence-electron chi connectivity index (χ1n) is 4.93. The van der Waals surface area contributed by atoms with Crippen LogP contribution in [0.25, 0.3) is 0 Å². The number of nitrogens with one attached hydrogen (secondary N) is 1. The van der Waals surface area contributed by atoms with Crippen LogP contribution in [0.15, 0.2) is 4.52 Å². The molecule has 0 aliphatic carbocycles. The topological polar surface area (TPSA) is 54.2 Å². The third-order valence-electron chi connectivity index (χ3n) is 2.35. The van der Waals surface area contributed by atoms with Crippen molar-refractivity contribution in [3.63, 3.8) is 0 Å². The molecule has 0 radical (unpaired) electrons. The number of hydrogen-bond acceptors (Lipinski definition) is 5. The first-order chi connectivity index (χ1) is 6.75. The molecule has 0 saturated carbocycles. The minimum atomic E-state index is 0.415. The molecule has 1 aliphatic heterocycles. The Morgan fingerprint density at radius 2 is 2.43 bits per heavy atom. The molecule has 0 bridgehead atoms. The summed E-state index contributed by atoms with van der Waals surface area (Å²) in [5.41, 5.74) is 0. The maximum atomic E-state index is 5.22. The van der Waals surface area contributed by atoms with E-state index in [2.05, 4.69) is 15.5 Å². The van der Waals surface area contributed by atoms with Gasteiger partial charge in [-0.1, -0.05) is 5.16 Å². The molecule has 1 atom stereocenters. The summed E-state index contributed by atoms with van der Waals surface area (Å²) in [6, 6.07) is 0. The molecule has 5 nitrogen and oxygen atoms in total. The lowest BCUT2D eigenvalue weighted by molar-refractivity contribution is 0.339. The Balaban J connectivity index is 2.01. The molecule has 5 heteroatoms. The highest BCUT2D eigenvalue weighted by molar-refractivity contribution is 4.97. The molecular weight excluding hydrogens is 180 g/mol. The largest absolute Gasteiger partial charge is 0.339 e. The van der Waals surface area contributed by atoms with E-state index < -0.39 is 0 Å². The van der Waals surface area contributed by atoms with Gasteiger partial charge >= 0.3 is 0 Å². The Hall–Kier alpha value is -0.940. The zero-order valence-corrected chi connectivity index (χ0v) is 8.66. The average Bonchev–Trinajstić information content (AvgIpc) is 2.69. The van der Waals surface area contributed by atoms with Gasteiger partial charge in [0.05, 0.1) is 12.5 Å². The van der Waals surface area contributed by atoms with Crippen LogP contribution in [0.3, 0.4) is 0 Å². The van der Waals surface area contributed by atoms with Crippen molar-refractivity contribution in [2.24, 2.45) is 0 Å². The molecule has 1 aliphatic rings. The molecule has 0 spiro atoms. The zero-order valence-electron chi connectivity index (χ0n) is 8.66. The average molecular weight is 196 g/mol. The quantitative estimate of drug-likeness (QED) is 0.749. The van der Waals surface area contributed by atoms with Crippen molar-refractivity contribution in [1.29, 1.82) is 0 Å². The van der Waals surface area contributed by atoms with Crippen LogP contribution in [0.5, 0.6) is 0 Å². The van der Waals surface area contributed by atoms with Crippen molar-refractivity contribution in [2.75, 3.05) is 27.2 Å². The van der Waals surface area contributed by atoms with E-state index in [1.807, 2.05) is 19.0 Å². The normalized spacial score (nSPS) is 22.1. The van der Waals surface area contributed by atoms with E-state index in [1.54, 1.807) is 0 Å². The number of nitrogens with zero attached hydrogens (tertiary/aromatic N) is 3. The van der Waals surface area contributed by atoms with Crippen molar-refractivity contribution in [3.05, 3.63) is 11.7 Å². The van der Waals surface area contributed by atoms with Crippen LogP contribution in [-0.2, 0) is 6.54 Å². The van der Waals surface area contributed by atoms with Crippen molar-refractivity contribution >= 4 is 0 Å². The third-order valence-corrected chi connectivity index (χ3v) is 2.35. The Labute approximate surface area is 83.5 Å². The Morgan fingerprint density at radius 1 is 1.57 bits per heavy atom. The molecule has 1 fully saturated rings. The molecule has 2 heterocycles. The molecule has 1 aromatic rings. The highest BCUT2D eigenvalue weighted by Gasteiger charge is 2.22. The zero-order chi connectivity index (χ0) is 9.97. The summed E-state index contributed by atoms with van der Waals surface area (Å²) >= 11 is 0. The monoisotopic (exact) mass is 196 g/mol. The third kappa shape index (κ3) is 2.10. The highest BCUT2D eigenvalue weighted by atomic mass is 16.5. The lowest BCUT2D eigenvalue weighted by Crippen LogP contribution is -2.12. The van der Waals surface area contributed by atoms with Crippen molar-refractivity contribution in [2.45, 2.75) is 18.9 Å². The Kier molecular flexibility index (Phi) is 2.79. The number of aromatic nitrogens is 2. The van der Waals surface area contributed by atoms with Gasteiger partial charge in [0.2, 0.25) is 5.89 Å². The van der Waals surface area contributed by atoms with Gasteiger partial charge in [0, 0.05) is 6.54 Å². The maximum Gasteiger partial charge on any atom is 0.231 e. The van der Waals surface area contributed by atoms with E-state index in [-0.39, 0.29) is 0 Å². The van der Waals surface area contributed by atoms with E-state index in [1.165, 1.54) is 0 Å². The van der Waals surface area contributed by atoms with Crippen LogP contribution in [-0.4, -0.2) is 42.2 Å². The van der Waals surface area contributed by atoms with Crippen LogP contribution in [0, 0.1) is 0 Å². The molecule has 0 aromatic carbocycles. The van der Waals surface area contributed by atoms with Gasteiger partial charge in [-0.2, -0.15) is 4.98 Å². The van der Waals surface area contributed by atoms with Gasteiger partial charge in [0.1, 0.15) is 0 Å². The van der Waals surface area contributed by atoms with E-state index in [0.717, 1.165) is 37.8 Å². The number of hydrogen-bond donors (Lipinski definition) is 1. The summed E-state index contributed by atoms with van der Waals surface area (Å²) in [5.74, 6) is 1.97. The summed E-state index contributed by atoms with van der Waals surface area (Å²) in [6.07, 6.45) is 1.10. The van der Waals surface area contributed by atoms with E-state index in [9.17, 15) is 0 Å². The molecule has 1 aromatic heterocycles. The first-order valence-corrected chi connectivity index (χ1v) is 4.93. The van der Waals surface area contributed by atoms with Gasteiger partial charge in [0.15, 0.2) is 5.82 Å².